The van der Waals surface area contributed by atoms with Crippen molar-refractivity contribution in [2.75, 3.05) is 19.8 Å². The molecule has 3 rings (SSSR count). The van der Waals surface area contributed by atoms with E-state index in [2.05, 4.69) is 16.1 Å². The highest BCUT2D eigenvalue weighted by molar-refractivity contribution is 5.74. The van der Waals surface area contributed by atoms with Gasteiger partial charge in [-0.15, -0.1) is 0 Å². The van der Waals surface area contributed by atoms with Gasteiger partial charge in [0, 0.05) is 6.92 Å². The van der Waals surface area contributed by atoms with E-state index in [1.54, 1.807) is 0 Å². The van der Waals surface area contributed by atoms with Gasteiger partial charge >= 0.3 is 0 Å². The van der Waals surface area contributed by atoms with Crippen LogP contribution in [0.25, 0.3) is 0 Å². The fraction of sp³-hybridized carbons (Fsp3) is 0.350. The molecule has 2 aromatic rings. The average Bonchev–Trinajstić information content (AvgIpc) is 3.15. The molecule has 0 aromatic heterocycles. The average molecular weight is 342 g/mol. The molecule has 1 saturated heterocycles. The molecule has 5 heteroatoms. The van der Waals surface area contributed by atoms with Gasteiger partial charge in [-0.3, -0.25) is 4.79 Å². The van der Waals surface area contributed by atoms with E-state index in [-0.39, 0.29) is 18.2 Å². The Morgan fingerprint density at radius 1 is 1.28 bits per heavy atom. The van der Waals surface area contributed by atoms with Crippen LogP contribution in [0.5, 0.6) is 5.75 Å². The van der Waals surface area contributed by atoms with Crippen LogP contribution in [0, 0.1) is 0 Å². The van der Waals surface area contributed by atoms with Gasteiger partial charge in [0.2, 0.25) is 5.91 Å². The third kappa shape index (κ3) is 4.38. The summed E-state index contributed by atoms with van der Waals surface area (Å²) >= 11 is 0. The quantitative estimate of drug-likeness (QED) is 0.821. The standard InChI is InChI=1S/C20H23NO4/c1-3-23-18-9-7-15(8-10-18)19(21-14(2)22)16-5-4-6-17(13-16)20-24-11-12-25-20/h4-10,13,19-20H,3,11-12H2,1-2H3,(H,21,22)/p+1. The summed E-state index contributed by atoms with van der Waals surface area (Å²) in [6, 6.07) is 15.6. The monoisotopic (exact) mass is 342 g/mol. The van der Waals surface area contributed by atoms with E-state index in [1.165, 1.54) is 6.92 Å². The van der Waals surface area contributed by atoms with Crippen molar-refractivity contribution >= 4 is 5.91 Å². The predicted octanol–water partition coefficient (Wildman–Crippen LogP) is 2.87. The molecule has 0 saturated carbocycles. The molecule has 2 aromatic carbocycles. The largest absolute Gasteiger partial charge is 0.494 e. The first-order valence-electron chi connectivity index (χ1n) is 8.55. The lowest BCUT2D eigenvalue weighted by Gasteiger charge is -2.20. The third-order valence-electron chi connectivity index (χ3n) is 4.06. The van der Waals surface area contributed by atoms with Gasteiger partial charge < -0.3 is 19.5 Å². The number of hydrogen-bond donors (Lipinski definition) is 1. The smallest absolute Gasteiger partial charge is 0.292 e. The molecule has 25 heavy (non-hydrogen) atoms. The van der Waals surface area contributed by atoms with Gasteiger partial charge in [0.1, 0.15) is 12.4 Å². The molecule has 2 atom stereocenters. The number of rotatable bonds is 6. The number of aliphatic hydroxyl groups is 2. The summed E-state index contributed by atoms with van der Waals surface area (Å²) in [5, 5.41) is 3.03. The molecule has 1 amide bonds. The van der Waals surface area contributed by atoms with Gasteiger partial charge in [0.05, 0.1) is 18.2 Å². The van der Waals surface area contributed by atoms with Crippen LogP contribution >= 0.6 is 0 Å². The number of nitrogens with one attached hydrogen (secondary N) is 1. The minimum Gasteiger partial charge on any atom is -0.494 e. The molecule has 0 bridgehead atoms. The topological polar surface area (TPSA) is 60.4 Å². The van der Waals surface area contributed by atoms with Crippen molar-refractivity contribution in [1.82, 2.24) is 5.32 Å². The number of ether oxygens (including phenoxy) is 3. The molecule has 0 spiro atoms. The highest BCUT2D eigenvalue weighted by Gasteiger charge is 2.25. The Balaban J connectivity index is 1.89. The van der Waals surface area contributed by atoms with Gasteiger partial charge in [-0.1, -0.05) is 24.3 Å². The van der Waals surface area contributed by atoms with E-state index in [1.807, 2.05) is 49.4 Å². The Labute approximate surface area is 147 Å². The first kappa shape index (κ1) is 17.5. The van der Waals surface area contributed by atoms with Crippen molar-refractivity contribution in [2.45, 2.75) is 26.2 Å². The van der Waals surface area contributed by atoms with Crippen molar-refractivity contribution in [2.24, 2.45) is 0 Å². The molecule has 0 aliphatic carbocycles. The maximum atomic E-state index is 11.7. The Hall–Kier alpha value is -2.37. The van der Waals surface area contributed by atoms with Gasteiger partial charge in [-0.2, -0.15) is 0 Å². The van der Waals surface area contributed by atoms with Crippen molar-refractivity contribution in [3.05, 3.63) is 65.2 Å². The molecule has 1 heterocycles. The molecule has 1 aliphatic heterocycles. The molecular formula is C20H24NO4+. The van der Waals surface area contributed by atoms with E-state index >= 15 is 0 Å². The second-order valence-corrected chi connectivity index (χ2v) is 5.94. The number of hydrogen-bond acceptors (Lipinski definition) is 3. The molecule has 2 N–H and O–H groups in total. The van der Waals surface area contributed by atoms with Crippen LogP contribution < -0.4 is 10.1 Å². The first-order valence-corrected chi connectivity index (χ1v) is 8.55. The summed E-state index contributed by atoms with van der Waals surface area (Å²) in [5.74, 6) is 0.742. The van der Waals surface area contributed by atoms with E-state index < -0.39 is 0 Å². The zero-order valence-corrected chi connectivity index (χ0v) is 14.6. The summed E-state index contributed by atoms with van der Waals surface area (Å²) in [4.78, 5) is 11.7. The minimum atomic E-state index is -0.227. The zero-order chi connectivity index (χ0) is 17.6. The van der Waals surface area contributed by atoms with Crippen LogP contribution in [-0.4, -0.2) is 30.5 Å². The summed E-state index contributed by atoms with van der Waals surface area (Å²) in [6.45, 7) is 5.49. The number of carbonyl (C=O) groups excluding carboxylic acids is 1. The third-order valence-corrected chi connectivity index (χ3v) is 4.06. The molecule has 1 fully saturated rings. The highest BCUT2D eigenvalue weighted by atomic mass is 16.7. The lowest BCUT2D eigenvalue weighted by Crippen LogP contribution is -2.27. The molecule has 0 radical (unpaired) electrons. The minimum absolute atomic E-state index is 0.0777. The number of carbonyl (C=O) groups is 1. The summed E-state index contributed by atoms with van der Waals surface area (Å²) in [6.07, 6.45) is -0.210. The Morgan fingerprint density at radius 2 is 2.08 bits per heavy atom. The van der Waals surface area contributed by atoms with Crippen LogP contribution in [-0.2, 0) is 9.53 Å². The van der Waals surface area contributed by atoms with Gasteiger partial charge in [-0.05, 0) is 42.3 Å². The molecule has 5 nitrogen and oxygen atoms in total. The molecular weight excluding hydrogens is 318 g/mol. The Bertz CT molecular complexity index is 708. The molecule has 2 unspecified atom stereocenters. The lowest BCUT2D eigenvalue weighted by molar-refractivity contribution is -0.153. The van der Waals surface area contributed by atoms with E-state index in [0.29, 0.717) is 13.2 Å². The summed E-state index contributed by atoms with van der Waals surface area (Å²) in [5.41, 5.74) is 3.01. The van der Waals surface area contributed by atoms with Gasteiger partial charge in [0.15, 0.2) is 6.61 Å². The fourth-order valence-electron chi connectivity index (χ4n) is 2.97. The van der Waals surface area contributed by atoms with Gasteiger partial charge in [0.25, 0.3) is 6.29 Å². The maximum Gasteiger partial charge on any atom is 0.292 e. The summed E-state index contributed by atoms with van der Waals surface area (Å²) in [7, 11) is 0. The fourth-order valence-corrected chi connectivity index (χ4v) is 2.97. The zero-order valence-electron chi connectivity index (χ0n) is 14.6. The van der Waals surface area contributed by atoms with Crippen LogP contribution in [0.1, 0.15) is 42.9 Å². The van der Waals surface area contributed by atoms with Gasteiger partial charge in [-0.25, -0.2) is 0 Å². The first-order chi connectivity index (χ1) is 12.2. The SMILES string of the molecule is CCOc1ccc(C(NC(C)=O)c2cccc(C3OCC[OH+]3)c2)cc1. The van der Waals surface area contributed by atoms with Crippen LogP contribution in [0.15, 0.2) is 48.5 Å². The predicted molar refractivity (Wildman–Crippen MR) is 95.5 cm³/mol. The van der Waals surface area contributed by atoms with E-state index in [0.717, 1.165) is 29.0 Å². The molecule has 132 valence electrons. The van der Waals surface area contributed by atoms with E-state index in [9.17, 15) is 4.79 Å². The van der Waals surface area contributed by atoms with Crippen LogP contribution in [0.2, 0.25) is 0 Å². The Kier molecular flexibility index (Phi) is 5.68. The summed E-state index contributed by atoms with van der Waals surface area (Å²) < 4.78 is 15.6. The number of benzene rings is 2. The van der Waals surface area contributed by atoms with Crippen molar-refractivity contribution in [1.29, 1.82) is 0 Å². The van der Waals surface area contributed by atoms with Crippen molar-refractivity contribution in [3.63, 3.8) is 0 Å². The Morgan fingerprint density at radius 3 is 2.72 bits per heavy atom. The normalized spacial score (nSPS) is 17.9. The van der Waals surface area contributed by atoms with E-state index in [4.69, 9.17) is 9.47 Å². The lowest BCUT2D eigenvalue weighted by atomic mass is 9.96. The second kappa shape index (κ2) is 8.14. The highest BCUT2D eigenvalue weighted by Crippen LogP contribution is 2.28. The van der Waals surface area contributed by atoms with Crippen molar-refractivity contribution < 1.29 is 19.0 Å². The van der Waals surface area contributed by atoms with Crippen molar-refractivity contribution in [3.8, 4) is 5.75 Å². The van der Waals surface area contributed by atoms with Crippen LogP contribution in [0.4, 0.5) is 0 Å². The molecule has 1 aliphatic rings. The van der Waals surface area contributed by atoms with Crippen LogP contribution in [0.3, 0.4) is 0 Å². The maximum absolute atomic E-state index is 11.7. The second-order valence-electron chi connectivity index (χ2n) is 5.94. The number of amides is 1.